The molecule has 15 nitrogen and oxygen atoms in total. The Kier molecular flexibility index (Phi) is 12.0. The van der Waals surface area contributed by atoms with Crippen LogP contribution in [-0.4, -0.2) is 114 Å². The molecule has 3 amide bonds. The lowest BCUT2D eigenvalue weighted by molar-refractivity contribution is -0.136. The third-order valence-corrected chi connectivity index (χ3v) is 15.8. The zero-order valence-corrected chi connectivity index (χ0v) is 37.8. The Morgan fingerprint density at radius 2 is 1.71 bits per heavy atom. The predicted molar refractivity (Wildman–Crippen MR) is 246 cm³/mol. The summed E-state index contributed by atoms with van der Waals surface area (Å²) in [6.45, 7) is 4.35. The van der Waals surface area contributed by atoms with E-state index in [1.807, 2.05) is 29.0 Å². The Morgan fingerprint density at radius 3 is 2.44 bits per heavy atom. The van der Waals surface area contributed by atoms with Gasteiger partial charge in [0, 0.05) is 80.2 Å². The SMILES string of the molecule is N#Cc1cc(-c2cnc3[nH]cc(C(=O)c4c(F)ccc(NS(=O)(=O)N5CC[C@@H](F)C5)c4F)c3c2)ccc1N1CCC(CN2CCC(c3ccc4c(c3)CN([C@H]3CCC(=O)NC3=O)C4=O)CC2)CC1. The zero-order chi connectivity index (χ0) is 47.4. The number of carbonyl (C=O) groups excluding carboxylic acids is 4. The van der Waals surface area contributed by atoms with Crippen molar-refractivity contribution in [1.29, 1.82) is 5.26 Å². The molecular formula is C49H48F3N9O6S. The molecule has 0 unspecified atom stereocenters. The zero-order valence-electron chi connectivity index (χ0n) is 36.9. The van der Waals surface area contributed by atoms with Crippen LogP contribution in [-0.2, 0) is 26.3 Å². The van der Waals surface area contributed by atoms with Gasteiger partial charge in [-0.15, -0.1) is 0 Å². The van der Waals surface area contributed by atoms with Gasteiger partial charge in [0.2, 0.25) is 17.6 Å². The van der Waals surface area contributed by atoms with Crippen molar-refractivity contribution >= 4 is 56.1 Å². The maximum atomic E-state index is 15.8. The van der Waals surface area contributed by atoms with Gasteiger partial charge < -0.3 is 19.7 Å². The lowest BCUT2D eigenvalue weighted by Crippen LogP contribution is -2.52. The lowest BCUT2D eigenvalue weighted by Gasteiger charge is -2.38. The minimum atomic E-state index is -4.38. The topological polar surface area (TPSA) is 192 Å². The van der Waals surface area contributed by atoms with Crippen LogP contribution in [0.15, 0.2) is 67.0 Å². The van der Waals surface area contributed by atoms with Crippen LogP contribution in [0.2, 0.25) is 0 Å². The number of pyridine rings is 1. The Hall–Kier alpha value is -6.62. The van der Waals surface area contributed by atoms with Crippen molar-refractivity contribution in [3.8, 4) is 17.2 Å². The first-order chi connectivity index (χ1) is 32.7. The number of benzene rings is 3. The highest BCUT2D eigenvalue weighted by Crippen LogP contribution is 2.37. The van der Waals surface area contributed by atoms with E-state index in [2.05, 4.69) is 37.2 Å². The predicted octanol–water partition coefficient (Wildman–Crippen LogP) is 6.17. The molecule has 3 aromatic carbocycles. The molecule has 5 aliphatic heterocycles. The summed E-state index contributed by atoms with van der Waals surface area (Å²) in [6, 6.07) is 16.6. The molecule has 0 bridgehead atoms. The smallest absolute Gasteiger partial charge is 0.301 e. The first-order valence-corrected chi connectivity index (χ1v) is 24.4. The van der Waals surface area contributed by atoms with Crippen molar-refractivity contribution in [1.82, 2.24) is 29.4 Å². The molecule has 10 rings (SSSR count). The van der Waals surface area contributed by atoms with E-state index in [1.54, 1.807) is 23.2 Å². The fraction of sp³-hybridized carbons (Fsp3) is 0.388. The molecule has 4 saturated heterocycles. The minimum absolute atomic E-state index is 0.0114. The third kappa shape index (κ3) is 8.60. The molecule has 3 N–H and O–H groups in total. The van der Waals surface area contributed by atoms with Crippen molar-refractivity contribution in [3.63, 3.8) is 0 Å². The van der Waals surface area contributed by atoms with Gasteiger partial charge in [-0.3, -0.25) is 29.2 Å². The number of hydrogen-bond acceptors (Lipinski definition) is 10. The average molecular weight is 948 g/mol. The first kappa shape index (κ1) is 45.2. The summed E-state index contributed by atoms with van der Waals surface area (Å²) in [5, 5.41) is 12.9. The van der Waals surface area contributed by atoms with E-state index in [4.69, 9.17) is 0 Å². The molecule has 7 heterocycles. The van der Waals surface area contributed by atoms with Crippen molar-refractivity contribution in [2.75, 3.05) is 55.4 Å². The number of nitrogens with one attached hydrogen (secondary N) is 3. The molecule has 19 heteroatoms. The van der Waals surface area contributed by atoms with Gasteiger partial charge in [0.15, 0.2) is 5.82 Å². The van der Waals surface area contributed by atoms with Crippen LogP contribution in [0.25, 0.3) is 22.2 Å². The molecular weight excluding hydrogens is 900 g/mol. The van der Waals surface area contributed by atoms with Gasteiger partial charge in [0.05, 0.1) is 22.5 Å². The highest BCUT2D eigenvalue weighted by Gasteiger charge is 2.40. The van der Waals surface area contributed by atoms with Crippen LogP contribution in [0.3, 0.4) is 0 Å². The summed E-state index contributed by atoms with van der Waals surface area (Å²) < 4.78 is 73.3. The average Bonchev–Trinajstić information content (AvgIpc) is 4.07. The van der Waals surface area contributed by atoms with E-state index in [0.29, 0.717) is 47.1 Å². The van der Waals surface area contributed by atoms with Gasteiger partial charge in [0.25, 0.3) is 5.91 Å². The van der Waals surface area contributed by atoms with E-state index < -0.39 is 63.5 Å². The van der Waals surface area contributed by atoms with Gasteiger partial charge >= 0.3 is 10.2 Å². The second kappa shape index (κ2) is 18.1. The number of rotatable bonds is 11. The summed E-state index contributed by atoms with van der Waals surface area (Å²) in [5.74, 6) is -3.66. The summed E-state index contributed by atoms with van der Waals surface area (Å²) >= 11 is 0. The number of fused-ring (bicyclic) bond motifs is 2. The van der Waals surface area contributed by atoms with Gasteiger partial charge in [-0.1, -0.05) is 18.2 Å². The van der Waals surface area contributed by atoms with Crippen LogP contribution in [0, 0.1) is 28.9 Å². The van der Waals surface area contributed by atoms with Gasteiger partial charge in [-0.2, -0.15) is 18.0 Å². The maximum Gasteiger partial charge on any atom is 0.301 e. The van der Waals surface area contributed by atoms with E-state index in [1.165, 1.54) is 11.8 Å². The number of hydrogen-bond donors (Lipinski definition) is 3. The normalized spacial score (nSPS) is 21.1. The van der Waals surface area contributed by atoms with Crippen LogP contribution < -0.4 is 14.9 Å². The van der Waals surface area contributed by atoms with Crippen LogP contribution in [0.5, 0.6) is 0 Å². The fourth-order valence-corrected chi connectivity index (χ4v) is 11.8. The molecule has 4 fully saturated rings. The summed E-state index contributed by atoms with van der Waals surface area (Å²) in [4.78, 5) is 64.8. The highest BCUT2D eigenvalue weighted by atomic mass is 32.2. The summed E-state index contributed by atoms with van der Waals surface area (Å²) in [6.07, 6.45) is 5.98. The quantitative estimate of drug-likeness (QED) is 0.102. The number of aromatic amines is 1. The molecule has 5 aliphatic rings. The van der Waals surface area contributed by atoms with E-state index in [-0.39, 0.29) is 47.8 Å². The largest absolute Gasteiger partial charge is 0.370 e. The lowest BCUT2D eigenvalue weighted by atomic mass is 9.87. The number of amides is 3. The van der Waals surface area contributed by atoms with E-state index >= 15 is 8.78 Å². The Bertz CT molecular complexity index is 3030. The number of aromatic nitrogens is 2. The number of ketones is 1. The number of nitrogens with zero attached hydrogens (tertiary/aromatic N) is 6. The fourth-order valence-electron chi connectivity index (χ4n) is 10.5. The van der Waals surface area contributed by atoms with Gasteiger partial charge in [-0.05, 0) is 117 Å². The summed E-state index contributed by atoms with van der Waals surface area (Å²) in [7, 11) is -4.38. The second-order valence-corrected chi connectivity index (χ2v) is 20.1. The second-order valence-electron chi connectivity index (χ2n) is 18.5. The number of halogens is 3. The number of imide groups is 1. The molecule has 352 valence electrons. The molecule has 5 aromatic rings. The number of likely N-dealkylation sites (tertiary alicyclic amines) is 1. The molecule has 0 spiro atoms. The molecule has 0 aliphatic carbocycles. The van der Waals surface area contributed by atoms with Crippen LogP contribution >= 0.6 is 0 Å². The Labute approximate surface area is 390 Å². The molecule has 0 radical (unpaired) electrons. The molecule has 68 heavy (non-hydrogen) atoms. The van der Waals surface area contributed by atoms with E-state index in [9.17, 15) is 37.2 Å². The maximum absolute atomic E-state index is 15.8. The third-order valence-electron chi connectivity index (χ3n) is 14.3. The van der Waals surface area contributed by atoms with Gasteiger partial charge in [-0.25, -0.2) is 18.2 Å². The first-order valence-electron chi connectivity index (χ1n) is 23.0. The summed E-state index contributed by atoms with van der Waals surface area (Å²) in [5.41, 5.74) is 3.80. The van der Waals surface area contributed by atoms with Crippen molar-refractivity contribution in [2.24, 2.45) is 5.92 Å². The molecule has 2 aromatic heterocycles. The number of nitriles is 1. The standard InChI is InChI=1S/C49H48F3N9O6S/c50-35-13-18-60(27-35)68(66,67)57-40-5-4-39(51)44(45(40)52)46(63)38-24-55-47-37(38)21-33(23-54-47)31-2-6-41(32(19-31)22-53)59-16-9-28(10-17-59)25-58-14-11-29(12-15-58)30-1-3-36-34(20-30)26-61(49(36)65)42-7-8-43(62)56-48(42)64/h1-6,19-21,23-24,28-29,35,42,57H,7-18,25-27H2,(H,54,55)(H,56,62,64)/t35-,42+/m1/s1. The monoisotopic (exact) mass is 947 g/mol. The number of anilines is 2. The minimum Gasteiger partial charge on any atom is -0.370 e. The van der Waals surface area contributed by atoms with Crippen LogP contribution in [0.1, 0.15) is 93.8 Å². The van der Waals surface area contributed by atoms with E-state index in [0.717, 1.165) is 86.1 Å². The molecule has 2 atom stereocenters. The van der Waals surface area contributed by atoms with Gasteiger partial charge in [0.1, 0.15) is 29.7 Å². The van der Waals surface area contributed by atoms with Crippen molar-refractivity contribution < 1.29 is 40.8 Å². The Morgan fingerprint density at radius 1 is 0.912 bits per heavy atom. The van der Waals surface area contributed by atoms with Crippen molar-refractivity contribution in [2.45, 2.75) is 69.6 Å². The Balaban J connectivity index is 0.755. The van der Waals surface area contributed by atoms with Crippen molar-refractivity contribution in [3.05, 3.63) is 112 Å². The number of H-pyrrole nitrogens is 1. The van der Waals surface area contributed by atoms with Crippen LogP contribution in [0.4, 0.5) is 24.5 Å². The highest BCUT2D eigenvalue weighted by molar-refractivity contribution is 7.90. The molecule has 0 saturated carbocycles. The number of carbonyl (C=O) groups is 4. The number of piperidine rings is 3. The number of alkyl halides is 1.